The lowest BCUT2D eigenvalue weighted by Crippen LogP contribution is -2.61. The molecule has 5 aliphatic rings. The number of aliphatic hydroxyl groups excluding tert-OH is 1. The van der Waals surface area contributed by atoms with Gasteiger partial charge in [-0.1, -0.05) is 19.8 Å². The van der Waals surface area contributed by atoms with Crippen molar-refractivity contribution in [1.82, 2.24) is 0 Å². The van der Waals surface area contributed by atoms with Crippen molar-refractivity contribution >= 4 is 5.97 Å². The molecular formula is C23H36O3. The van der Waals surface area contributed by atoms with Crippen molar-refractivity contribution < 1.29 is 15.0 Å². The Kier molecular flexibility index (Phi) is 4.02. The zero-order chi connectivity index (χ0) is 18.1. The zero-order valence-corrected chi connectivity index (χ0v) is 16.3. The molecule has 0 aliphatic heterocycles. The third kappa shape index (κ3) is 2.25. The molecular weight excluding hydrogens is 324 g/mol. The van der Waals surface area contributed by atoms with E-state index in [9.17, 15) is 9.90 Å². The maximum Gasteiger partial charge on any atom is 0.303 e. The fourth-order valence-electron chi connectivity index (χ4n) is 9.30. The highest BCUT2D eigenvalue weighted by Gasteiger charge is 2.67. The van der Waals surface area contributed by atoms with Gasteiger partial charge < -0.3 is 10.2 Å². The first-order valence-corrected chi connectivity index (χ1v) is 11.4. The van der Waals surface area contributed by atoms with E-state index >= 15 is 0 Å². The van der Waals surface area contributed by atoms with E-state index in [-0.39, 0.29) is 6.10 Å². The molecule has 0 aromatic rings. The van der Waals surface area contributed by atoms with Crippen LogP contribution in [0.1, 0.15) is 84.0 Å². The van der Waals surface area contributed by atoms with Gasteiger partial charge in [0.2, 0.25) is 0 Å². The van der Waals surface area contributed by atoms with Gasteiger partial charge in [0.25, 0.3) is 0 Å². The number of carboxylic acids is 1. The molecule has 5 fully saturated rings. The predicted octanol–water partition coefficient (Wildman–Crippen LogP) is 4.87. The minimum atomic E-state index is -0.636. The Balaban J connectivity index is 1.37. The van der Waals surface area contributed by atoms with Crippen LogP contribution < -0.4 is 0 Å². The summed E-state index contributed by atoms with van der Waals surface area (Å²) in [5.74, 6) is 3.52. The molecule has 5 rings (SSSR count). The normalized spacial score (nSPS) is 55.1. The average molecular weight is 361 g/mol. The largest absolute Gasteiger partial charge is 0.481 e. The summed E-state index contributed by atoms with van der Waals surface area (Å²) in [5.41, 5.74) is 0.956. The fourth-order valence-corrected chi connectivity index (χ4v) is 9.30. The molecule has 26 heavy (non-hydrogen) atoms. The smallest absolute Gasteiger partial charge is 0.303 e. The van der Waals surface area contributed by atoms with Crippen molar-refractivity contribution in [2.24, 2.45) is 46.3 Å². The molecule has 0 amide bonds. The lowest BCUT2D eigenvalue weighted by Gasteiger charge is -2.66. The third-order valence-electron chi connectivity index (χ3n) is 10.3. The number of hydrogen-bond donors (Lipinski definition) is 2. The van der Waals surface area contributed by atoms with Crippen LogP contribution in [0.2, 0.25) is 0 Å². The summed E-state index contributed by atoms with van der Waals surface area (Å²) in [7, 11) is 0. The Hall–Kier alpha value is -0.570. The maximum atomic E-state index is 11.2. The molecule has 3 nitrogen and oxygen atoms in total. The van der Waals surface area contributed by atoms with Crippen LogP contribution in [0.15, 0.2) is 0 Å². The lowest BCUT2D eigenvalue weighted by atomic mass is 9.39. The first kappa shape index (κ1) is 17.5. The first-order valence-electron chi connectivity index (χ1n) is 11.4. The maximum absolute atomic E-state index is 11.2. The molecule has 5 saturated carbocycles. The van der Waals surface area contributed by atoms with Gasteiger partial charge in [0, 0.05) is 6.42 Å². The minimum absolute atomic E-state index is 0.0739. The van der Waals surface area contributed by atoms with E-state index in [1.807, 2.05) is 0 Å². The molecule has 0 bridgehead atoms. The Labute approximate surface area is 157 Å². The van der Waals surface area contributed by atoms with Crippen molar-refractivity contribution in [3.05, 3.63) is 0 Å². The van der Waals surface area contributed by atoms with Gasteiger partial charge in [-0.25, -0.2) is 0 Å². The van der Waals surface area contributed by atoms with E-state index < -0.39 is 5.97 Å². The van der Waals surface area contributed by atoms with Crippen LogP contribution in [0.3, 0.4) is 0 Å². The van der Waals surface area contributed by atoms with Crippen LogP contribution >= 0.6 is 0 Å². The molecule has 146 valence electrons. The highest BCUT2D eigenvalue weighted by Crippen LogP contribution is 2.74. The van der Waals surface area contributed by atoms with Gasteiger partial charge in [0.05, 0.1) is 6.10 Å². The van der Waals surface area contributed by atoms with Crippen molar-refractivity contribution in [3.63, 3.8) is 0 Å². The van der Waals surface area contributed by atoms with E-state index in [0.29, 0.717) is 29.1 Å². The van der Waals surface area contributed by atoms with Crippen molar-refractivity contribution in [2.75, 3.05) is 0 Å². The molecule has 5 aliphatic carbocycles. The topological polar surface area (TPSA) is 57.5 Å². The van der Waals surface area contributed by atoms with Crippen LogP contribution in [0.25, 0.3) is 0 Å². The summed E-state index contributed by atoms with van der Waals surface area (Å²) < 4.78 is 0. The van der Waals surface area contributed by atoms with E-state index in [2.05, 4.69) is 6.92 Å². The second kappa shape index (κ2) is 5.96. The number of aliphatic hydroxyl groups is 1. The molecule has 9 atom stereocenters. The second-order valence-corrected chi connectivity index (χ2v) is 10.9. The summed E-state index contributed by atoms with van der Waals surface area (Å²) in [6.45, 7) is 2.57. The van der Waals surface area contributed by atoms with Crippen molar-refractivity contribution in [2.45, 2.75) is 90.1 Å². The van der Waals surface area contributed by atoms with Crippen LogP contribution in [0.4, 0.5) is 0 Å². The Morgan fingerprint density at radius 2 is 1.85 bits per heavy atom. The van der Waals surface area contributed by atoms with E-state index in [1.165, 1.54) is 57.8 Å². The van der Waals surface area contributed by atoms with E-state index in [0.717, 1.165) is 36.5 Å². The van der Waals surface area contributed by atoms with Gasteiger partial charge in [-0.15, -0.1) is 0 Å². The molecule has 0 heterocycles. The molecule has 0 aromatic carbocycles. The van der Waals surface area contributed by atoms with Crippen LogP contribution in [0, 0.1) is 46.3 Å². The summed E-state index contributed by atoms with van der Waals surface area (Å²) in [6.07, 6.45) is 14.2. The molecule has 0 saturated heterocycles. The van der Waals surface area contributed by atoms with Crippen molar-refractivity contribution in [3.8, 4) is 0 Å². The SMILES string of the molecule is C[C@]12CCCC[C@H]1C[C@H](O)C1C3CCC4C(CCC(=O)O)C[C@@]43CCC12. The zero-order valence-electron chi connectivity index (χ0n) is 16.3. The van der Waals surface area contributed by atoms with Gasteiger partial charge in [0.15, 0.2) is 0 Å². The Bertz CT molecular complexity index is 588. The number of hydrogen-bond acceptors (Lipinski definition) is 2. The summed E-state index contributed by atoms with van der Waals surface area (Å²) in [4.78, 5) is 11.0. The number of carbonyl (C=O) groups is 1. The first-order chi connectivity index (χ1) is 12.5. The van der Waals surface area contributed by atoms with Crippen LogP contribution in [-0.4, -0.2) is 22.3 Å². The van der Waals surface area contributed by atoms with Gasteiger partial charge in [-0.05, 0) is 104 Å². The van der Waals surface area contributed by atoms with Crippen LogP contribution in [-0.2, 0) is 4.79 Å². The number of aliphatic carboxylic acids is 1. The Morgan fingerprint density at radius 3 is 2.65 bits per heavy atom. The second-order valence-electron chi connectivity index (χ2n) is 10.9. The molecule has 1 spiro atoms. The standard InChI is InChI=1S/C23H36O3/c1-22-10-3-2-4-15(22)12-19(24)21-17(22)9-11-23-13-14(5-8-20(25)26)16(23)6-7-18(21)23/h14-19,21,24H,2-13H2,1H3,(H,25,26)/t14?,15-,16?,17?,18?,19-,21?,22-,23-/m0/s1. The molecule has 0 aromatic heterocycles. The predicted molar refractivity (Wildman–Crippen MR) is 101 cm³/mol. The number of rotatable bonds is 3. The quantitative estimate of drug-likeness (QED) is 0.755. The van der Waals surface area contributed by atoms with E-state index in [1.54, 1.807) is 0 Å². The summed E-state index contributed by atoms with van der Waals surface area (Å²) in [6, 6.07) is 0. The van der Waals surface area contributed by atoms with Gasteiger partial charge >= 0.3 is 5.97 Å². The molecule has 3 heteroatoms. The van der Waals surface area contributed by atoms with Crippen molar-refractivity contribution in [1.29, 1.82) is 0 Å². The monoisotopic (exact) mass is 360 g/mol. The van der Waals surface area contributed by atoms with Gasteiger partial charge in [0.1, 0.15) is 0 Å². The highest BCUT2D eigenvalue weighted by atomic mass is 16.4. The van der Waals surface area contributed by atoms with Crippen LogP contribution in [0.5, 0.6) is 0 Å². The summed E-state index contributed by atoms with van der Waals surface area (Å²) >= 11 is 0. The van der Waals surface area contributed by atoms with Gasteiger partial charge in [-0.2, -0.15) is 0 Å². The highest BCUT2D eigenvalue weighted by molar-refractivity contribution is 5.66. The fraction of sp³-hybridized carbons (Fsp3) is 0.957. The number of carboxylic acid groups (broad SMARTS) is 1. The number of fused-ring (bicyclic) bond motifs is 4. The minimum Gasteiger partial charge on any atom is -0.481 e. The van der Waals surface area contributed by atoms with E-state index in [4.69, 9.17) is 5.11 Å². The molecule has 2 N–H and O–H groups in total. The third-order valence-corrected chi connectivity index (χ3v) is 10.3. The van der Waals surface area contributed by atoms with Gasteiger partial charge in [-0.3, -0.25) is 4.79 Å². The molecule has 0 radical (unpaired) electrons. The summed E-state index contributed by atoms with van der Waals surface area (Å²) in [5, 5.41) is 20.2. The lowest BCUT2D eigenvalue weighted by molar-refractivity contribution is -0.195. The average Bonchev–Trinajstić information content (AvgIpc) is 2.88. The Morgan fingerprint density at radius 1 is 1.04 bits per heavy atom. The molecule has 5 unspecified atom stereocenters.